The van der Waals surface area contributed by atoms with Crippen molar-refractivity contribution in [3.05, 3.63) is 95.3 Å². The molecule has 0 aliphatic carbocycles. The van der Waals surface area contributed by atoms with Crippen LogP contribution in [-0.2, 0) is 0 Å². The average molecular weight is 441 g/mol. The van der Waals surface area contributed by atoms with E-state index in [9.17, 15) is 4.79 Å². The highest BCUT2D eigenvalue weighted by molar-refractivity contribution is 7.07. The molecule has 6 nitrogen and oxygen atoms in total. The number of hydrogen-bond donors (Lipinski definition) is 2. The van der Waals surface area contributed by atoms with Crippen molar-refractivity contribution in [3.63, 3.8) is 0 Å². The van der Waals surface area contributed by atoms with Gasteiger partial charge in [-0.05, 0) is 36.8 Å². The molecule has 158 valence electrons. The number of amides is 2. The molecule has 1 unspecified atom stereocenters. The first-order valence-electron chi connectivity index (χ1n) is 10.3. The zero-order valence-electron chi connectivity index (χ0n) is 17.4. The van der Waals surface area contributed by atoms with Gasteiger partial charge in [-0.1, -0.05) is 48.5 Å². The molecular formula is C25H22N5OS+. The Balaban J connectivity index is 1.44. The number of urea groups is 1. The number of rotatable bonds is 5. The second kappa shape index (κ2) is 8.64. The first-order chi connectivity index (χ1) is 15.7. The van der Waals surface area contributed by atoms with Gasteiger partial charge in [-0.2, -0.15) is 0 Å². The molecule has 0 bridgehead atoms. The summed E-state index contributed by atoms with van der Waals surface area (Å²) in [5.41, 5.74) is 7.12. The molecule has 1 atom stereocenters. The molecule has 0 saturated heterocycles. The Morgan fingerprint density at radius 3 is 2.53 bits per heavy atom. The normalized spacial score (nSPS) is 11.9. The molecule has 5 aromatic rings. The third-order valence-corrected chi connectivity index (χ3v) is 5.99. The van der Waals surface area contributed by atoms with Gasteiger partial charge in [-0.3, -0.25) is 4.90 Å². The Morgan fingerprint density at radius 2 is 1.81 bits per heavy atom. The largest absolute Gasteiger partial charge is 0.326 e. The highest BCUT2D eigenvalue weighted by Crippen LogP contribution is 2.28. The highest BCUT2D eigenvalue weighted by Gasteiger charge is 2.24. The van der Waals surface area contributed by atoms with Crippen LogP contribution in [-0.4, -0.2) is 16.0 Å². The van der Waals surface area contributed by atoms with Gasteiger partial charge < -0.3 is 5.32 Å². The fourth-order valence-corrected chi connectivity index (χ4v) is 4.31. The van der Waals surface area contributed by atoms with Crippen molar-refractivity contribution in [1.82, 2.24) is 9.97 Å². The fourth-order valence-electron chi connectivity index (χ4n) is 3.77. The minimum absolute atomic E-state index is 0.141. The van der Waals surface area contributed by atoms with Crippen molar-refractivity contribution >= 4 is 39.8 Å². The number of aromatic amines is 2. The molecule has 0 aliphatic rings. The molecule has 0 radical (unpaired) electrons. The molecule has 3 N–H and O–H groups in total. The van der Waals surface area contributed by atoms with Crippen LogP contribution in [0.4, 0.5) is 16.2 Å². The molecule has 5 rings (SSSR count). The van der Waals surface area contributed by atoms with Gasteiger partial charge >= 0.3 is 11.9 Å². The number of carbonyl (C=O) groups is 1. The first-order valence-corrected chi connectivity index (χ1v) is 11.3. The Labute approximate surface area is 189 Å². The molecule has 0 spiro atoms. The van der Waals surface area contributed by atoms with Crippen molar-refractivity contribution in [3.8, 4) is 11.5 Å². The molecule has 2 aromatic heterocycles. The Bertz CT molecular complexity index is 1330. The van der Waals surface area contributed by atoms with Crippen LogP contribution in [0, 0.1) is 0 Å². The van der Waals surface area contributed by atoms with E-state index in [-0.39, 0.29) is 12.1 Å². The number of carbonyl (C=O) groups excluding carboxylic acids is 1. The number of nitrogens with zero attached hydrogens (tertiary/aromatic N) is 2. The van der Waals surface area contributed by atoms with Gasteiger partial charge in [0.15, 0.2) is 16.7 Å². The zero-order valence-corrected chi connectivity index (χ0v) is 18.3. The number of anilines is 2. The van der Waals surface area contributed by atoms with Gasteiger partial charge in [-0.25, -0.2) is 19.7 Å². The van der Waals surface area contributed by atoms with Gasteiger partial charge in [0.25, 0.3) is 0 Å². The lowest BCUT2D eigenvalue weighted by molar-refractivity contribution is -0.330. The number of imidazole rings is 1. The molecule has 3 aromatic carbocycles. The molecule has 0 aliphatic heterocycles. The number of fused-ring (bicyclic) bond motifs is 1. The molecule has 7 heteroatoms. The van der Waals surface area contributed by atoms with E-state index in [1.54, 1.807) is 21.7 Å². The van der Waals surface area contributed by atoms with Crippen molar-refractivity contribution in [1.29, 1.82) is 0 Å². The highest BCUT2D eigenvalue weighted by atomic mass is 32.1. The van der Waals surface area contributed by atoms with Gasteiger partial charge in [0.2, 0.25) is 0 Å². The molecule has 0 saturated carbocycles. The van der Waals surface area contributed by atoms with E-state index in [1.807, 2.05) is 91.2 Å². The van der Waals surface area contributed by atoms with E-state index in [0.717, 1.165) is 33.8 Å². The summed E-state index contributed by atoms with van der Waals surface area (Å²) in [6.45, 7) is 2.03. The average Bonchev–Trinajstić information content (AvgIpc) is 3.50. The molecule has 32 heavy (non-hydrogen) atoms. The van der Waals surface area contributed by atoms with Crippen LogP contribution in [0.2, 0.25) is 0 Å². The van der Waals surface area contributed by atoms with E-state index in [1.165, 1.54) is 0 Å². The van der Waals surface area contributed by atoms with Gasteiger partial charge in [0.1, 0.15) is 0 Å². The van der Waals surface area contributed by atoms with Crippen LogP contribution >= 0.6 is 11.3 Å². The van der Waals surface area contributed by atoms with Crippen molar-refractivity contribution < 1.29 is 9.78 Å². The summed E-state index contributed by atoms with van der Waals surface area (Å²) in [5, 5.41) is 5.05. The predicted octanol–water partition coefficient (Wildman–Crippen LogP) is 5.91. The Morgan fingerprint density at radius 1 is 1.06 bits per heavy atom. The summed E-state index contributed by atoms with van der Waals surface area (Å²) in [4.78, 5) is 26.2. The summed E-state index contributed by atoms with van der Waals surface area (Å²) in [6, 6.07) is 25.2. The summed E-state index contributed by atoms with van der Waals surface area (Å²) < 4.78 is 0. The number of aromatic nitrogens is 3. The summed E-state index contributed by atoms with van der Waals surface area (Å²) >= 11 is 1.54. The maximum absolute atomic E-state index is 13.4. The SMILES string of the molecule is CC(c1ccccc1)N(C(=O)Nc1ccc2[nH+]c(-c3cscn3)[nH]c2c1)c1ccccc1. The van der Waals surface area contributed by atoms with Crippen molar-refractivity contribution in [2.75, 3.05) is 10.2 Å². The first kappa shape index (κ1) is 20.0. The number of hydrogen-bond acceptors (Lipinski definition) is 3. The van der Waals surface area contributed by atoms with Gasteiger partial charge in [0.05, 0.1) is 11.6 Å². The van der Waals surface area contributed by atoms with Crippen LogP contribution in [0.5, 0.6) is 0 Å². The number of nitrogens with one attached hydrogen (secondary N) is 3. The second-order valence-corrected chi connectivity index (χ2v) is 8.20. The second-order valence-electron chi connectivity index (χ2n) is 7.48. The standard InChI is InChI=1S/C25H21N5OS/c1-17(18-8-4-2-5-9-18)30(20-10-6-3-7-11-20)25(31)27-19-12-13-21-22(14-19)29-24(28-21)23-15-32-16-26-23/h2-17H,1H3,(H,27,31)(H,28,29)/p+1. The van der Waals surface area contributed by atoms with E-state index in [0.29, 0.717) is 5.69 Å². The number of para-hydroxylation sites is 1. The number of benzene rings is 3. The minimum Gasteiger partial charge on any atom is -0.307 e. The maximum Gasteiger partial charge on any atom is 0.326 e. The smallest absolute Gasteiger partial charge is 0.307 e. The van der Waals surface area contributed by atoms with Gasteiger partial charge in [0, 0.05) is 22.8 Å². The van der Waals surface area contributed by atoms with Crippen LogP contribution in [0.1, 0.15) is 18.5 Å². The number of H-pyrrole nitrogens is 2. The molecular weight excluding hydrogens is 418 g/mol. The predicted molar refractivity (Wildman–Crippen MR) is 129 cm³/mol. The van der Waals surface area contributed by atoms with Crippen LogP contribution in [0.25, 0.3) is 22.6 Å². The fraction of sp³-hybridized carbons (Fsp3) is 0.0800. The van der Waals surface area contributed by atoms with Crippen molar-refractivity contribution in [2.45, 2.75) is 13.0 Å². The van der Waals surface area contributed by atoms with E-state index >= 15 is 0 Å². The van der Waals surface area contributed by atoms with Gasteiger partial charge in [-0.15, -0.1) is 11.3 Å². The summed E-state index contributed by atoms with van der Waals surface area (Å²) in [5.74, 6) is 0.841. The lowest BCUT2D eigenvalue weighted by Gasteiger charge is -2.30. The van der Waals surface area contributed by atoms with Crippen molar-refractivity contribution in [2.24, 2.45) is 0 Å². The van der Waals surface area contributed by atoms with Crippen LogP contribution in [0.3, 0.4) is 0 Å². The molecule has 0 fully saturated rings. The van der Waals surface area contributed by atoms with Crippen LogP contribution in [0.15, 0.2) is 89.8 Å². The minimum atomic E-state index is -0.192. The lowest BCUT2D eigenvalue weighted by Crippen LogP contribution is -2.37. The third kappa shape index (κ3) is 3.98. The topological polar surface area (TPSA) is 75.2 Å². The van der Waals surface area contributed by atoms with E-state index < -0.39 is 0 Å². The molecule has 2 heterocycles. The van der Waals surface area contributed by atoms with E-state index in [4.69, 9.17) is 0 Å². The third-order valence-electron chi connectivity index (χ3n) is 5.40. The van der Waals surface area contributed by atoms with Crippen LogP contribution < -0.4 is 15.2 Å². The lowest BCUT2D eigenvalue weighted by atomic mass is 10.1. The zero-order chi connectivity index (χ0) is 21.9. The Kier molecular flexibility index (Phi) is 5.39. The monoisotopic (exact) mass is 440 g/mol. The Hall–Kier alpha value is -3.97. The van der Waals surface area contributed by atoms with E-state index in [2.05, 4.69) is 20.3 Å². The quantitative estimate of drug-likeness (QED) is 0.357. The summed E-state index contributed by atoms with van der Waals surface area (Å²) in [6.07, 6.45) is 0. The summed E-state index contributed by atoms with van der Waals surface area (Å²) in [7, 11) is 0. The molecule has 2 amide bonds. The number of thiazole rings is 1. The maximum atomic E-state index is 13.4.